The molecule has 1 aromatic carbocycles. The predicted octanol–water partition coefficient (Wildman–Crippen LogP) is 3.19. The van der Waals surface area contributed by atoms with Crippen molar-refractivity contribution in [3.8, 4) is 5.75 Å². The van der Waals surface area contributed by atoms with E-state index in [-0.39, 0.29) is 6.10 Å². The van der Waals surface area contributed by atoms with Crippen molar-refractivity contribution < 1.29 is 4.74 Å². The van der Waals surface area contributed by atoms with Gasteiger partial charge in [0.05, 0.1) is 6.04 Å². The Bertz CT molecular complexity index is 378. The molecule has 2 nitrogen and oxygen atoms in total. The van der Waals surface area contributed by atoms with E-state index in [1.54, 1.807) is 0 Å². The molecule has 2 rings (SSSR count). The average molecular weight is 270 g/mol. The molecule has 3 heteroatoms. The lowest BCUT2D eigenvalue weighted by molar-refractivity contribution is 0.210. The molecule has 0 bridgehead atoms. The lowest BCUT2D eigenvalue weighted by Crippen LogP contribution is -2.28. The van der Waals surface area contributed by atoms with Crippen molar-refractivity contribution in [2.45, 2.75) is 32.9 Å². The van der Waals surface area contributed by atoms with Gasteiger partial charge in [-0.2, -0.15) is 0 Å². The lowest BCUT2D eigenvalue weighted by Gasteiger charge is -2.15. The highest BCUT2D eigenvalue weighted by atomic mass is 79.9. The number of hydrogen-bond acceptors (Lipinski definition) is 2. The number of ether oxygens (including phenoxy) is 1. The fourth-order valence-electron chi connectivity index (χ4n) is 2.11. The van der Waals surface area contributed by atoms with Crippen LogP contribution in [0.4, 0.5) is 0 Å². The van der Waals surface area contributed by atoms with E-state index in [4.69, 9.17) is 4.74 Å². The van der Waals surface area contributed by atoms with Gasteiger partial charge in [-0.15, -0.1) is 0 Å². The van der Waals surface area contributed by atoms with Crippen LogP contribution in [0.3, 0.4) is 0 Å². The zero-order chi connectivity index (χ0) is 11.0. The van der Waals surface area contributed by atoms with Gasteiger partial charge in [-0.05, 0) is 32.0 Å². The summed E-state index contributed by atoms with van der Waals surface area (Å²) in [5, 5.41) is 3.46. The minimum atomic E-state index is 0.206. The first-order chi connectivity index (χ1) is 7.15. The Labute approximate surface area is 99.1 Å². The molecule has 2 unspecified atom stereocenters. The summed E-state index contributed by atoms with van der Waals surface area (Å²) in [7, 11) is 0. The Kier molecular flexibility index (Phi) is 3.03. The Balaban J connectivity index is 2.47. The van der Waals surface area contributed by atoms with Crippen molar-refractivity contribution in [1.82, 2.24) is 5.32 Å². The second-order valence-corrected chi connectivity index (χ2v) is 4.82. The van der Waals surface area contributed by atoms with Crippen LogP contribution >= 0.6 is 15.9 Å². The van der Waals surface area contributed by atoms with E-state index < -0.39 is 0 Å². The Morgan fingerprint density at radius 2 is 2.20 bits per heavy atom. The molecule has 2 atom stereocenters. The van der Waals surface area contributed by atoms with E-state index in [2.05, 4.69) is 54.2 Å². The van der Waals surface area contributed by atoms with Gasteiger partial charge < -0.3 is 10.1 Å². The molecule has 0 amide bonds. The summed E-state index contributed by atoms with van der Waals surface area (Å²) in [6.45, 7) is 7.28. The Morgan fingerprint density at radius 3 is 2.87 bits per heavy atom. The van der Waals surface area contributed by atoms with E-state index in [1.165, 1.54) is 11.1 Å². The van der Waals surface area contributed by atoms with Crippen LogP contribution in [0.5, 0.6) is 5.75 Å². The SMILES string of the molecule is CCNC1c2c(Br)ccc(C)c2OC1C. The highest BCUT2D eigenvalue weighted by molar-refractivity contribution is 9.10. The summed E-state index contributed by atoms with van der Waals surface area (Å²) < 4.78 is 7.03. The molecular weight excluding hydrogens is 254 g/mol. The molecule has 0 aromatic heterocycles. The maximum absolute atomic E-state index is 5.89. The Morgan fingerprint density at radius 1 is 1.47 bits per heavy atom. The largest absolute Gasteiger partial charge is 0.488 e. The maximum Gasteiger partial charge on any atom is 0.128 e. The van der Waals surface area contributed by atoms with Crippen molar-refractivity contribution in [3.05, 3.63) is 27.7 Å². The number of benzene rings is 1. The quantitative estimate of drug-likeness (QED) is 0.891. The summed E-state index contributed by atoms with van der Waals surface area (Å²) in [6.07, 6.45) is 0.206. The van der Waals surface area contributed by atoms with Crippen molar-refractivity contribution in [3.63, 3.8) is 0 Å². The van der Waals surface area contributed by atoms with Crippen LogP contribution in [0.15, 0.2) is 16.6 Å². The highest BCUT2D eigenvalue weighted by Crippen LogP contribution is 2.43. The normalized spacial score (nSPS) is 23.7. The molecular formula is C12H16BrNO. The lowest BCUT2D eigenvalue weighted by atomic mass is 10.0. The Hall–Kier alpha value is -0.540. The molecule has 1 N–H and O–H groups in total. The van der Waals surface area contributed by atoms with Crippen molar-refractivity contribution >= 4 is 15.9 Å². The molecule has 0 radical (unpaired) electrons. The van der Waals surface area contributed by atoms with Gasteiger partial charge in [0.25, 0.3) is 0 Å². The summed E-state index contributed by atoms with van der Waals surface area (Å²) in [5.41, 5.74) is 2.48. The minimum absolute atomic E-state index is 0.206. The van der Waals surface area contributed by atoms with Gasteiger partial charge in [0.1, 0.15) is 11.9 Å². The molecule has 1 aliphatic heterocycles. The summed E-state index contributed by atoms with van der Waals surface area (Å²) in [5.74, 6) is 1.04. The molecule has 82 valence electrons. The van der Waals surface area contributed by atoms with E-state index >= 15 is 0 Å². The van der Waals surface area contributed by atoms with Gasteiger partial charge >= 0.3 is 0 Å². The molecule has 0 aliphatic carbocycles. The third-order valence-electron chi connectivity index (χ3n) is 2.85. The van der Waals surface area contributed by atoms with E-state index in [0.717, 1.165) is 16.8 Å². The third-order valence-corrected chi connectivity index (χ3v) is 3.54. The van der Waals surface area contributed by atoms with Crippen molar-refractivity contribution in [2.24, 2.45) is 0 Å². The van der Waals surface area contributed by atoms with E-state index in [0.29, 0.717) is 6.04 Å². The fraction of sp³-hybridized carbons (Fsp3) is 0.500. The third kappa shape index (κ3) is 1.79. The van der Waals surface area contributed by atoms with Crippen molar-refractivity contribution in [1.29, 1.82) is 0 Å². The first-order valence-electron chi connectivity index (χ1n) is 5.34. The number of halogens is 1. The fourth-order valence-corrected chi connectivity index (χ4v) is 2.67. The number of fused-ring (bicyclic) bond motifs is 1. The van der Waals surface area contributed by atoms with Gasteiger partial charge in [-0.1, -0.05) is 28.9 Å². The monoisotopic (exact) mass is 269 g/mol. The summed E-state index contributed by atoms with van der Waals surface area (Å²) in [4.78, 5) is 0. The number of likely N-dealkylation sites (N-methyl/N-ethyl adjacent to an activating group) is 1. The van der Waals surface area contributed by atoms with Crippen LogP contribution in [0.2, 0.25) is 0 Å². The predicted molar refractivity (Wildman–Crippen MR) is 65.4 cm³/mol. The molecule has 0 fully saturated rings. The van der Waals surface area contributed by atoms with Crippen LogP contribution in [0, 0.1) is 6.92 Å². The zero-order valence-corrected chi connectivity index (χ0v) is 10.9. The van der Waals surface area contributed by atoms with Crippen LogP contribution in [-0.2, 0) is 0 Å². The highest BCUT2D eigenvalue weighted by Gasteiger charge is 2.33. The molecule has 0 spiro atoms. The second-order valence-electron chi connectivity index (χ2n) is 3.97. The van der Waals surface area contributed by atoms with Crippen molar-refractivity contribution in [2.75, 3.05) is 6.54 Å². The van der Waals surface area contributed by atoms with Gasteiger partial charge in [-0.25, -0.2) is 0 Å². The molecule has 15 heavy (non-hydrogen) atoms. The maximum atomic E-state index is 5.89. The average Bonchev–Trinajstić information content (AvgIpc) is 2.53. The topological polar surface area (TPSA) is 21.3 Å². The van der Waals surface area contributed by atoms with Gasteiger partial charge in [0.2, 0.25) is 0 Å². The number of hydrogen-bond donors (Lipinski definition) is 1. The first kappa shape index (κ1) is 11.0. The summed E-state index contributed by atoms with van der Waals surface area (Å²) >= 11 is 3.60. The molecule has 0 saturated carbocycles. The number of rotatable bonds is 2. The standard InChI is InChI=1S/C12H16BrNO/c1-4-14-11-8(3)15-12-7(2)5-6-9(13)10(11)12/h5-6,8,11,14H,4H2,1-3H3. The van der Waals surface area contributed by atoms with Crippen LogP contribution in [-0.4, -0.2) is 12.6 Å². The van der Waals surface area contributed by atoms with Gasteiger partial charge in [0, 0.05) is 10.0 Å². The minimum Gasteiger partial charge on any atom is -0.488 e. The van der Waals surface area contributed by atoms with Crippen LogP contribution in [0.25, 0.3) is 0 Å². The smallest absolute Gasteiger partial charge is 0.128 e. The molecule has 1 heterocycles. The molecule has 1 aliphatic rings. The van der Waals surface area contributed by atoms with Crippen LogP contribution < -0.4 is 10.1 Å². The number of aryl methyl sites for hydroxylation is 1. The second kappa shape index (κ2) is 4.14. The van der Waals surface area contributed by atoms with E-state index in [9.17, 15) is 0 Å². The van der Waals surface area contributed by atoms with Crippen LogP contribution in [0.1, 0.15) is 31.0 Å². The van der Waals surface area contributed by atoms with Gasteiger partial charge in [-0.3, -0.25) is 0 Å². The molecule has 1 aromatic rings. The summed E-state index contributed by atoms with van der Waals surface area (Å²) in [6, 6.07) is 4.49. The molecule has 0 saturated heterocycles. The number of nitrogens with one attached hydrogen (secondary N) is 1. The van der Waals surface area contributed by atoms with E-state index in [1.807, 2.05) is 0 Å². The zero-order valence-electron chi connectivity index (χ0n) is 9.30. The first-order valence-corrected chi connectivity index (χ1v) is 6.13. The van der Waals surface area contributed by atoms with Gasteiger partial charge in [0.15, 0.2) is 0 Å².